The predicted molar refractivity (Wildman–Crippen MR) is 106 cm³/mol. The van der Waals surface area contributed by atoms with Gasteiger partial charge in [-0.25, -0.2) is 17.5 Å². The second-order valence-electron chi connectivity index (χ2n) is 6.57. The van der Waals surface area contributed by atoms with Crippen molar-refractivity contribution >= 4 is 15.9 Å². The van der Waals surface area contributed by atoms with E-state index in [-0.39, 0.29) is 18.2 Å². The Kier molecular flexibility index (Phi) is 6.73. The largest absolute Gasteiger partial charge is 0.355 e. The van der Waals surface area contributed by atoms with E-state index < -0.39 is 15.7 Å². The van der Waals surface area contributed by atoms with E-state index in [0.29, 0.717) is 17.5 Å². The summed E-state index contributed by atoms with van der Waals surface area (Å²) in [6, 6.07) is 14.0. The van der Waals surface area contributed by atoms with Gasteiger partial charge in [-0.05, 0) is 42.2 Å². The van der Waals surface area contributed by atoms with Gasteiger partial charge in [0.05, 0.1) is 5.75 Å². The molecule has 0 saturated heterocycles. The Labute approximate surface area is 160 Å². The number of rotatable bonds is 8. The first-order chi connectivity index (χ1) is 12.7. The summed E-state index contributed by atoms with van der Waals surface area (Å²) in [7, 11) is -1.89. The van der Waals surface area contributed by atoms with Crippen molar-refractivity contribution in [1.29, 1.82) is 0 Å². The minimum atomic E-state index is -3.46. The second kappa shape index (κ2) is 8.63. The molecule has 1 atom stereocenters. The van der Waals surface area contributed by atoms with Crippen molar-refractivity contribution < 1.29 is 17.6 Å². The number of sulfonamides is 1. The van der Waals surface area contributed by atoms with Gasteiger partial charge in [0.1, 0.15) is 5.67 Å². The average Bonchev–Trinajstić information content (AvgIpc) is 2.66. The van der Waals surface area contributed by atoms with Crippen molar-refractivity contribution in [1.82, 2.24) is 10.0 Å². The van der Waals surface area contributed by atoms with Crippen molar-refractivity contribution in [2.75, 3.05) is 19.3 Å². The number of carbonyl (C=O) groups excluding carboxylic acids is 1. The second-order valence-corrected chi connectivity index (χ2v) is 8.50. The Morgan fingerprint density at radius 2 is 1.56 bits per heavy atom. The molecule has 0 bridgehead atoms. The molecule has 2 aromatic rings. The molecule has 0 aliphatic heterocycles. The van der Waals surface area contributed by atoms with Crippen LogP contribution in [-0.2, 0) is 15.7 Å². The molecule has 0 aliphatic rings. The van der Waals surface area contributed by atoms with Crippen LogP contribution in [0.5, 0.6) is 0 Å². The van der Waals surface area contributed by atoms with Gasteiger partial charge < -0.3 is 5.32 Å². The minimum absolute atomic E-state index is 0.0198. The fourth-order valence-electron chi connectivity index (χ4n) is 2.66. The number of hydrogen-bond donors (Lipinski definition) is 2. The van der Waals surface area contributed by atoms with E-state index >= 15 is 0 Å². The zero-order chi connectivity index (χ0) is 20.1. The highest BCUT2D eigenvalue weighted by Crippen LogP contribution is 2.28. The smallest absolute Gasteiger partial charge is 0.251 e. The molecule has 2 aromatic carbocycles. The molecule has 7 heteroatoms. The van der Waals surface area contributed by atoms with E-state index in [1.807, 2.05) is 12.1 Å². The third kappa shape index (κ3) is 5.61. The fourth-order valence-corrected chi connectivity index (χ4v) is 3.83. The van der Waals surface area contributed by atoms with Crippen molar-refractivity contribution in [3.05, 3.63) is 59.7 Å². The van der Waals surface area contributed by atoms with E-state index in [1.54, 1.807) is 50.4 Å². The molecule has 5 nitrogen and oxygen atoms in total. The first kappa shape index (κ1) is 21.1. The van der Waals surface area contributed by atoms with E-state index in [2.05, 4.69) is 10.0 Å². The van der Waals surface area contributed by atoms with Gasteiger partial charge in [0.25, 0.3) is 5.91 Å². The van der Waals surface area contributed by atoms with E-state index in [0.717, 1.165) is 11.1 Å². The maximum absolute atomic E-state index is 14.9. The van der Waals surface area contributed by atoms with E-state index in [9.17, 15) is 17.6 Å². The molecule has 0 unspecified atom stereocenters. The van der Waals surface area contributed by atoms with Crippen molar-refractivity contribution in [2.45, 2.75) is 25.9 Å². The lowest BCUT2D eigenvalue weighted by atomic mass is 9.95. The third-order valence-corrected chi connectivity index (χ3v) is 5.82. The van der Waals surface area contributed by atoms with E-state index in [4.69, 9.17) is 0 Å². The SMILES string of the molecule is CCCS(=O)(=O)NC[C@@](C)(F)c1ccc(-c2ccc(C(=O)NC)cc2)cc1. The monoisotopic (exact) mass is 392 g/mol. The quantitative estimate of drug-likeness (QED) is 0.724. The van der Waals surface area contributed by atoms with Gasteiger partial charge in [0.15, 0.2) is 0 Å². The van der Waals surface area contributed by atoms with Crippen LogP contribution in [0.4, 0.5) is 4.39 Å². The fraction of sp³-hybridized carbons (Fsp3) is 0.350. The first-order valence-electron chi connectivity index (χ1n) is 8.78. The Morgan fingerprint density at radius 1 is 1.04 bits per heavy atom. The highest BCUT2D eigenvalue weighted by molar-refractivity contribution is 7.89. The van der Waals surface area contributed by atoms with Gasteiger partial charge in [-0.15, -0.1) is 0 Å². The molecule has 146 valence electrons. The van der Waals surface area contributed by atoms with Gasteiger partial charge in [0.2, 0.25) is 10.0 Å². The molecule has 2 rings (SSSR count). The third-order valence-electron chi connectivity index (χ3n) is 4.29. The molecule has 1 amide bonds. The summed E-state index contributed by atoms with van der Waals surface area (Å²) in [5.74, 6) is -0.177. The zero-order valence-electron chi connectivity index (χ0n) is 15.8. The van der Waals surface area contributed by atoms with Crippen LogP contribution in [0.25, 0.3) is 11.1 Å². The molecule has 0 fully saturated rings. The average molecular weight is 392 g/mol. The molecule has 0 saturated carbocycles. The van der Waals surface area contributed by atoms with Crippen LogP contribution in [0.1, 0.15) is 36.2 Å². The van der Waals surface area contributed by atoms with Gasteiger partial charge >= 0.3 is 0 Å². The number of nitrogens with one attached hydrogen (secondary N) is 2. The highest BCUT2D eigenvalue weighted by atomic mass is 32.2. The maximum atomic E-state index is 14.9. The number of halogens is 1. The number of benzene rings is 2. The van der Waals surface area contributed by atoms with Crippen molar-refractivity contribution in [2.24, 2.45) is 0 Å². The number of carbonyl (C=O) groups is 1. The molecular formula is C20H25FN2O3S. The van der Waals surface area contributed by atoms with Crippen LogP contribution >= 0.6 is 0 Å². The molecule has 0 radical (unpaired) electrons. The normalized spacial score (nSPS) is 13.8. The minimum Gasteiger partial charge on any atom is -0.355 e. The van der Waals surface area contributed by atoms with Crippen molar-refractivity contribution in [3.8, 4) is 11.1 Å². The molecule has 2 N–H and O–H groups in total. The van der Waals surface area contributed by atoms with E-state index in [1.165, 1.54) is 6.92 Å². The van der Waals surface area contributed by atoms with Crippen LogP contribution in [0.2, 0.25) is 0 Å². The van der Waals surface area contributed by atoms with Gasteiger partial charge in [-0.3, -0.25) is 4.79 Å². The highest BCUT2D eigenvalue weighted by Gasteiger charge is 2.27. The van der Waals surface area contributed by atoms with Crippen LogP contribution in [-0.4, -0.2) is 33.7 Å². The molecule has 0 aliphatic carbocycles. The summed E-state index contributed by atoms with van der Waals surface area (Å²) in [4.78, 5) is 11.6. The summed E-state index contributed by atoms with van der Waals surface area (Å²) < 4.78 is 40.7. The van der Waals surface area contributed by atoms with Gasteiger partial charge in [0, 0.05) is 19.2 Å². The van der Waals surface area contributed by atoms with Crippen LogP contribution in [0.15, 0.2) is 48.5 Å². The summed E-state index contributed by atoms with van der Waals surface area (Å²) in [5, 5.41) is 2.57. The maximum Gasteiger partial charge on any atom is 0.251 e. The summed E-state index contributed by atoms with van der Waals surface area (Å²) in [5.41, 5.74) is 0.923. The van der Waals surface area contributed by atoms with Gasteiger partial charge in [-0.2, -0.15) is 0 Å². The number of hydrogen-bond acceptors (Lipinski definition) is 3. The lowest BCUT2D eigenvalue weighted by Gasteiger charge is -2.21. The predicted octanol–water partition coefficient (Wildman–Crippen LogP) is 3.23. The Hall–Kier alpha value is -2.25. The number of amides is 1. The first-order valence-corrected chi connectivity index (χ1v) is 10.4. The molecule has 0 heterocycles. The van der Waals surface area contributed by atoms with Crippen LogP contribution < -0.4 is 10.0 Å². The summed E-state index contributed by atoms with van der Waals surface area (Å²) >= 11 is 0. The summed E-state index contributed by atoms with van der Waals surface area (Å²) in [6.07, 6.45) is 0.478. The van der Waals surface area contributed by atoms with Crippen LogP contribution in [0, 0.1) is 0 Å². The zero-order valence-corrected chi connectivity index (χ0v) is 16.6. The lowest BCUT2D eigenvalue weighted by Crippen LogP contribution is -2.36. The van der Waals surface area contributed by atoms with Crippen molar-refractivity contribution in [3.63, 3.8) is 0 Å². The standard InChI is InChI=1S/C20H25FN2O3S/c1-4-13-27(25,26)23-14-20(2,21)18-11-9-16(10-12-18)15-5-7-17(8-6-15)19(24)22-3/h5-12,23H,4,13-14H2,1-3H3,(H,22,24)/t20-/m1/s1. The van der Waals surface area contributed by atoms with Crippen LogP contribution in [0.3, 0.4) is 0 Å². The Morgan fingerprint density at radius 3 is 2.04 bits per heavy atom. The number of alkyl halides is 1. The lowest BCUT2D eigenvalue weighted by molar-refractivity contribution is 0.0963. The topological polar surface area (TPSA) is 75.3 Å². The molecule has 0 spiro atoms. The Bertz CT molecular complexity index is 876. The molecule has 0 aromatic heterocycles. The van der Waals surface area contributed by atoms with Gasteiger partial charge in [-0.1, -0.05) is 43.3 Å². The Balaban J connectivity index is 2.12. The molecule has 27 heavy (non-hydrogen) atoms. The summed E-state index contributed by atoms with van der Waals surface area (Å²) in [6.45, 7) is 2.80. The molecular weight excluding hydrogens is 367 g/mol.